The van der Waals surface area contributed by atoms with Gasteiger partial charge in [0.25, 0.3) is 0 Å². The summed E-state index contributed by atoms with van der Waals surface area (Å²) in [5.74, 6) is -0.379. The predicted octanol–water partition coefficient (Wildman–Crippen LogP) is 1.57. The van der Waals surface area contributed by atoms with E-state index in [1.165, 1.54) is 0 Å². The van der Waals surface area contributed by atoms with Gasteiger partial charge >= 0.3 is 5.97 Å². The molecule has 0 saturated heterocycles. The molecular weight excluding hydrogens is 244 g/mol. The highest BCUT2D eigenvalue weighted by atomic mass is 16.5. The minimum atomic E-state index is -0.379. The van der Waals surface area contributed by atoms with Crippen molar-refractivity contribution in [1.82, 2.24) is 14.3 Å². The van der Waals surface area contributed by atoms with Crippen molar-refractivity contribution in [3.05, 3.63) is 35.9 Å². The zero-order chi connectivity index (χ0) is 13.8. The monoisotopic (exact) mass is 262 g/mol. The van der Waals surface area contributed by atoms with Crippen molar-refractivity contribution in [1.29, 1.82) is 0 Å². The van der Waals surface area contributed by atoms with Gasteiger partial charge in [-0.15, -0.1) is 0 Å². The number of hydrogen-bond donors (Lipinski definition) is 1. The van der Waals surface area contributed by atoms with E-state index >= 15 is 0 Å². The lowest BCUT2D eigenvalue weighted by Gasteiger charge is -2.07. The van der Waals surface area contributed by atoms with Crippen LogP contribution in [0, 0.1) is 0 Å². The normalized spacial score (nSPS) is 10.6. The van der Waals surface area contributed by atoms with E-state index in [1.807, 2.05) is 24.6 Å². The first-order valence-corrected chi connectivity index (χ1v) is 6.21. The van der Waals surface area contributed by atoms with Gasteiger partial charge < -0.3 is 15.0 Å². The van der Waals surface area contributed by atoms with Crippen LogP contribution in [0.3, 0.4) is 0 Å². The maximum atomic E-state index is 12.0. The first-order chi connectivity index (χ1) is 9.10. The Labute approximate surface area is 111 Å². The van der Waals surface area contributed by atoms with E-state index < -0.39 is 0 Å². The topological polar surface area (TPSA) is 75.1 Å². The lowest BCUT2D eigenvalue weighted by molar-refractivity contribution is 0.0454. The largest absolute Gasteiger partial charge is 0.454 e. The van der Waals surface area contributed by atoms with Gasteiger partial charge in [-0.25, -0.2) is 4.79 Å². The summed E-state index contributed by atoms with van der Waals surface area (Å²) in [6, 6.07) is 3.45. The third-order valence-electron chi connectivity index (χ3n) is 2.71. The molecule has 102 valence electrons. The van der Waals surface area contributed by atoms with Gasteiger partial charge in [-0.3, -0.25) is 4.68 Å². The summed E-state index contributed by atoms with van der Waals surface area (Å²) in [5, 5.41) is 4.15. The number of anilines is 1. The zero-order valence-corrected chi connectivity index (χ0v) is 11.2. The number of aromatic nitrogens is 3. The summed E-state index contributed by atoms with van der Waals surface area (Å²) in [5.41, 5.74) is 7.48. The van der Waals surface area contributed by atoms with Crippen molar-refractivity contribution >= 4 is 11.7 Å². The van der Waals surface area contributed by atoms with E-state index in [0.29, 0.717) is 11.4 Å². The molecule has 0 aliphatic rings. The van der Waals surface area contributed by atoms with Crippen LogP contribution in [0.1, 0.15) is 29.5 Å². The van der Waals surface area contributed by atoms with Gasteiger partial charge in [-0.05, 0) is 18.6 Å². The first-order valence-electron chi connectivity index (χ1n) is 6.21. The van der Waals surface area contributed by atoms with Crippen LogP contribution in [0.25, 0.3) is 0 Å². The van der Waals surface area contributed by atoms with Crippen LogP contribution in [0.15, 0.2) is 24.5 Å². The average molecular weight is 262 g/mol. The Balaban J connectivity index is 2.03. The van der Waals surface area contributed by atoms with Crippen LogP contribution >= 0.6 is 0 Å². The van der Waals surface area contributed by atoms with Gasteiger partial charge in [0, 0.05) is 26.0 Å². The fraction of sp³-hybridized carbons (Fsp3) is 0.385. The van der Waals surface area contributed by atoms with Crippen LogP contribution in [-0.2, 0) is 24.9 Å². The molecule has 6 nitrogen and oxygen atoms in total. The van der Waals surface area contributed by atoms with Crippen LogP contribution in [0.5, 0.6) is 0 Å². The molecule has 0 aromatic carbocycles. The van der Waals surface area contributed by atoms with Crippen LogP contribution < -0.4 is 5.73 Å². The molecule has 0 unspecified atom stereocenters. The van der Waals surface area contributed by atoms with Gasteiger partial charge in [-0.2, -0.15) is 5.10 Å². The summed E-state index contributed by atoms with van der Waals surface area (Å²) in [7, 11) is 1.82. The van der Waals surface area contributed by atoms with Crippen LogP contribution in [-0.4, -0.2) is 20.3 Å². The number of nitrogen functional groups attached to an aromatic ring is 1. The number of carbonyl (C=O) groups is 1. The smallest absolute Gasteiger partial charge is 0.355 e. The number of ether oxygens (including phenoxy) is 1. The van der Waals surface area contributed by atoms with Crippen molar-refractivity contribution in [3.63, 3.8) is 0 Å². The molecule has 0 aliphatic carbocycles. The molecule has 0 radical (unpaired) electrons. The average Bonchev–Trinajstić information content (AvgIpc) is 2.93. The molecule has 0 aliphatic heterocycles. The summed E-state index contributed by atoms with van der Waals surface area (Å²) >= 11 is 0. The van der Waals surface area contributed by atoms with Gasteiger partial charge in [0.1, 0.15) is 12.3 Å². The first kappa shape index (κ1) is 13.2. The van der Waals surface area contributed by atoms with E-state index in [1.54, 1.807) is 23.1 Å². The Bertz CT molecular complexity index is 571. The Hall–Kier alpha value is -2.24. The number of nitrogens with zero attached hydrogens (tertiary/aromatic N) is 3. The van der Waals surface area contributed by atoms with Crippen molar-refractivity contribution in [2.45, 2.75) is 26.5 Å². The molecule has 6 heteroatoms. The van der Waals surface area contributed by atoms with Gasteiger partial charge in [0.15, 0.2) is 0 Å². The molecule has 19 heavy (non-hydrogen) atoms. The third-order valence-corrected chi connectivity index (χ3v) is 2.71. The molecule has 0 amide bonds. The maximum Gasteiger partial charge on any atom is 0.355 e. The third kappa shape index (κ3) is 3.15. The number of esters is 1. The second-order valence-electron chi connectivity index (χ2n) is 4.41. The van der Waals surface area contributed by atoms with Crippen molar-refractivity contribution in [3.8, 4) is 0 Å². The molecule has 0 saturated carbocycles. The van der Waals surface area contributed by atoms with Gasteiger partial charge in [0.05, 0.1) is 11.4 Å². The second-order valence-corrected chi connectivity index (χ2v) is 4.41. The van der Waals surface area contributed by atoms with E-state index in [0.717, 1.165) is 18.7 Å². The van der Waals surface area contributed by atoms with E-state index in [-0.39, 0.29) is 12.6 Å². The highest BCUT2D eigenvalue weighted by Gasteiger charge is 2.14. The highest BCUT2D eigenvalue weighted by Crippen LogP contribution is 2.13. The highest BCUT2D eigenvalue weighted by molar-refractivity contribution is 5.89. The zero-order valence-electron chi connectivity index (χ0n) is 11.2. The summed E-state index contributed by atoms with van der Waals surface area (Å²) < 4.78 is 8.72. The Kier molecular flexibility index (Phi) is 3.89. The molecular formula is C13H18N4O2. The molecule has 0 bridgehead atoms. The molecule has 0 atom stereocenters. The Morgan fingerprint density at radius 1 is 1.53 bits per heavy atom. The minimum absolute atomic E-state index is 0.164. The Morgan fingerprint density at radius 2 is 2.32 bits per heavy atom. The molecule has 2 aromatic rings. The van der Waals surface area contributed by atoms with Gasteiger partial charge in [-0.1, -0.05) is 6.92 Å². The molecule has 0 fully saturated rings. The summed E-state index contributed by atoms with van der Waals surface area (Å²) in [6.45, 7) is 2.95. The quantitative estimate of drug-likeness (QED) is 0.830. The summed E-state index contributed by atoms with van der Waals surface area (Å²) in [6.07, 6.45) is 4.48. The molecule has 2 rings (SSSR count). The van der Waals surface area contributed by atoms with Crippen molar-refractivity contribution in [2.24, 2.45) is 7.05 Å². The molecule has 2 heterocycles. The van der Waals surface area contributed by atoms with Crippen LogP contribution in [0.4, 0.5) is 5.69 Å². The standard InChI is InChI=1S/C13H18N4O2/c1-3-5-17-8-10(14)7-12(17)13(18)19-9-11-4-6-16(2)15-11/h4,6-8H,3,5,9,14H2,1-2H3. The molecule has 0 spiro atoms. The minimum Gasteiger partial charge on any atom is -0.454 e. The second kappa shape index (κ2) is 5.60. The van der Waals surface area contributed by atoms with Crippen molar-refractivity contribution in [2.75, 3.05) is 5.73 Å². The Morgan fingerprint density at radius 3 is 2.95 bits per heavy atom. The lowest BCUT2D eigenvalue weighted by atomic mass is 10.4. The summed E-state index contributed by atoms with van der Waals surface area (Å²) in [4.78, 5) is 12.0. The number of rotatable bonds is 5. The van der Waals surface area contributed by atoms with E-state index in [2.05, 4.69) is 5.10 Å². The maximum absolute atomic E-state index is 12.0. The van der Waals surface area contributed by atoms with E-state index in [4.69, 9.17) is 10.5 Å². The molecule has 2 N–H and O–H groups in total. The SMILES string of the molecule is CCCn1cc(N)cc1C(=O)OCc1ccn(C)n1. The number of carbonyl (C=O) groups excluding carboxylic acids is 1. The fourth-order valence-corrected chi connectivity index (χ4v) is 1.88. The van der Waals surface area contributed by atoms with Gasteiger partial charge in [0.2, 0.25) is 0 Å². The lowest BCUT2D eigenvalue weighted by Crippen LogP contribution is -2.12. The number of nitrogens with two attached hydrogens (primary N) is 1. The molecule has 2 aromatic heterocycles. The number of hydrogen-bond acceptors (Lipinski definition) is 4. The fourth-order valence-electron chi connectivity index (χ4n) is 1.88. The van der Waals surface area contributed by atoms with Crippen LogP contribution in [0.2, 0.25) is 0 Å². The van der Waals surface area contributed by atoms with E-state index in [9.17, 15) is 4.79 Å². The number of aryl methyl sites for hydroxylation is 2. The van der Waals surface area contributed by atoms with Crippen molar-refractivity contribution < 1.29 is 9.53 Å². The predicted molar refractivity (Wildman–Crippen MR) is 71.5 cm³/mol.